The molecule has 1 aromatic carbocycles. The van der Waals surface area contributed by atoms with Crippen LogP contribution in [0.3, 0.4) is 0 Å². The van der Waals surface area contributed by atoms with Crippen molar-refractivity contribution in [3.63, 3.8) is 0 Å². The summed E-state index contributed by atoms with van der Waals surface area (Å²) in [7, 11) is -3.68. The Bertz CT molecular complexity index is 981. The average Bonchev–Trinajstić information content (AvgIpc) is 3.32. The Kier molecular flexibility index (Phi) is 8.33. The van der Waals surface area contributed by atoms with Crippen LogP contribution in [-0.4, -0.2) is 64.1 Å². The lowest BCUT2D eigenvalue weighted by molar-refractivity contribution is 0.0936. The number of sulfonamides is 1. The van der Waals surface area contributed by atoms with Crippen molar-refractivity contribution in [2.75, 3.05) is 44.3 Å². The first kappa shape index (κ1) is 24.3. The first-order chi connectivity index (χ1) is 15.4. The summed E-state index contributed by atoms with van der Waals surface area (Å²) in [6.45, 7) is 8.72. The Labute approximate surface area is 190 Å². The van der Waals surface area contributed by atoms with E-state index in [2.05, 4.69) is 10.2 Å². The minimum absolute atomic E-state index is 0.104. The van der Waals surface area contributed by atoms with E-state index in [-0.39, 0.29) is 16.8 Å². The highest BCUT2D eigenvalue weighted by Crippen LogP contribution is 2.27. The first-order valence-electron chi connectivity index (χ1n) is 11.2. The number of aryl methyl sites for hydroxylation is 1. The zero-order valence-corrected chi connectivity index (χ0v) is 19.9. The molecule has 32 heavy (non-hydrogen) atoms. The maximum atomic E-state index is 13.3. The summed E-state index contributed by atoms with van der Waals surface area (Å²) in [5.74, 6) is 0.586. The van der Waals surface area contributed by atoms with Crippen molar-refractivity contribution in [2.45, 2.75) is 44.6 Å². The zero-order chi connectivity index (χ0) is 23.1. The van der Waals surface area contributed by atoms with Crippen LogP contribution in [0.2, 0.25) is 0 Å². The summed E-state index contributed by atoms with van der Waals surface area (Å²) >= 11 is 0. The summed E-state index contributed by atoms with van der Waals surface area (Å²) in [6.07, 6.45) is 3.06. The number of nitrogens with zero attached hydrogens (tertiary/aromatic N) is 2. The van der Waals surface area contributed by atoms with Gasteiger partial charge in [0.2, 0.25) is 10.0 Å². The third-order valence-electron chi connectivity index (χ3n) is 5.69. The van der Waals surface area contributed by atoms with Gasteiger partial charge in [0.25, 0.3) is 5.91 Å². The lowest BCUT2D eigenvalue weighted by Gasteiger charge is -2.31. The number of hydrogen-bond donors (Lipinski definition) is 1. The Morgan fingerprint density at radius 3 is 2.53 bits per heavy atom. The predicted molar refractivity (Wildman–Crippen MR) is 124 cm³/mol. The number of amides is 1. The lowest BCUT2D eigenvalue weighted by atomic mass is 10.1. The van der Waals surface area contributed by atoms with Crippen LogP contribution in [0.15, 0.2) is 45.9 Å². The van der Waals surface area contributed by atoms with Crippen molar-refractivity contribution < 1.29 is 22.4 Å². The molecule has 1 unspecified atom stereocenters. The molecule has 176 valence electrons. The van der Waals surface area contributed by atoms with Crippen LogP contribution in [0.5, 0.6) is 0 Å². The molecule has 1 amide bonds. The number of ether oxygens (including phenoxy) is 1. The van der Waals surface area contributed by atoms with Gasteiger partial charge in [0, 0.05) is 44.3 Å². The van der Waals surface area contributed by atoms with Gasteiger partial charge in [-0.25, -0.2) is 8.42 Å². The number of morpholine rings is 1. The van der Waals surface area contributed by atoms with Crippen LogP contribution in [0, 0.1) is 0 Å². The van der Waals surface area contributed by atoms with E-state index in [1.165, 1.54) is 10.4 Å². The molecular weight excluding hydrogens is 430 g/mol. The molecule has 9 heteroatoms. The number of anilines is 1. The Morgan fingerprint density at radius 1 is 1.19 bits per heavy atom. The Morgan fingerprint density at radius 2 is 1.91 bits per heavy atom. The molecule has 1 aromatic heterocycles. The molecule has 3 rings (SSSR count). The van der Waals surface area contributed by atoms with E-state index in [4.69, 9.17) is 9.15 Å². The highest BCUT2D eigenvalue weighted by molar-refractivity contribution is 7.89. The maximum Gasteiger partial charge on any atom is 0.253 e. The van der Waals surface area contributed by atoms with Gasteiger partial charge in [0.1, 0.15) is 5.76 Å². The van der Waals surface area contributed by atoms with E-state index in [9.17, 15) is 13.2 Å². The summed E-state index contributed by atoms with van der Waals surface area (Å²) in [5, 5.41) is 3.03. The number of benzene rings is 1. The minimum atomic E-state index is -3.68. The smallest absolute Gasteiger partial charge is 0.253 e. The number of hydrogen-bond acceptors (Lipinski definition) is 6. The average molecular weight is 464 g/mol. The van der Waals surface area contributed by atoms with Gasteiger partial charge in [-0.1, -0.05) is 13.8 Å². The van der Waals surface area contributed by atoms with Crippen LogP contribution < -0.4 is 10.2 Å². The molecule has 0 saturated carbocycles. The van der Waals surface area contributed by atoms with Crippen molar-refractivity contribution in [3.05, 3.63) is 47.9 Å². The summed E-state index contributed by atoms with van der Waals surface area (Å²) in [6, 6.07) is 8.49. The van der Waals surface area contributed by atoms with Crippen LogP contribution in [0.1, 0.15) is 43.3 Å². The summed E-state index contributed by atoms with van der Waals surface area (Å²) in [4.78, 5) is 15.5. The van der Waals surface area contributed by atoms with Crippen LogP contribution in [0.4, 0.5) is 5.69 Å². The van der Waals surface area contributed by atoms with Gasteiger partial charge in [0.05, 0.1) is 29.9 Å². The molecule has 1 N–H and O–H groups in total. The molecule has 2 aromatic rings. The highest BCUT2D eigenvalue weighted by atomic mass is 32.2. The highest BCUT2D eigenvalue weighted by Gasteiger charge is 2.26. The standard InChI is InChI=1S/C23H33N3O5S/c1-4-26(5-2)32(28,29)20-10-11-22(25-12-15-30-16-13-25)21(17-20)23(27)24-18(3)8-9-19-7-6-14-31-19/h6-7,10-11,14,17-18H,4-5,8-9,12-13,15-16H2,1-3H3,(H,24,27). The molecular formula is C23H33N3O5S. The maximum absolute atomic E-state index is 13.3. The SMILES string of the molecule is CCN(CC)S(=O)(=O)c1ccc(N2CCOCC2)c(C(=O)NC(C)CCc2ccco2)c1. The largest absolute Gasteiger partial charge is 0.469 e. The number of carbonyl (C=O) groups excluding carboxylic acids is 1. The number of nitrogens with one attached hydrogen (secondary N) is 1. The van der Waals surface area contributed by atoms with E-state index < -0.39 is 10.0 Å². The molecule has 1 atom stereocenters. The second-order valence-electron chi connectivity index (χ2n) is 7.86. The number of rotatable bonds is 10. The Balaban J connectivity index is 1.86. The van der Waals surface area contributed by atoms with Gasteiger partial charge in [-0.2, -0.15) is 4.31 Å². The Hall–Kier alpha value is -2.36. The predicted octanol–water partition coefficient (Wildman–Crippen LogP) is 2.90. The fraction of sp³-hybridized carbons (Fsp3) is 0.522. The monoisotopic (exact) mass is 463 g/mol. The normalized spacial score (nSPS) is 15.7. The topological polar surface area (TPSA) is 92.1 Å². The van der Waals surface area contributed by atoms with Gasteiger partial charge in [-0.05, 0) is 43.7 Å². The third kappa shape index (κ3) is 5.70. The van der Waals surface area contributed by atoms with Gasteiger partial charge in [-0.15, -0.1) is 0 Å². The molecule has 0 spiro atoms. The molecule has 1 aliphatic rings. The van der Waals surface area contributed by atoms with Gasteiger partial charge >= 0.3 is 0 Å². The van der Waals surface area contributed by atoms with E-state index in [0.29, 0.717) is 57.8 Å². The summed E-state index contributed by atoms with van der Waals surface area (Å²) < 4.78 is 38.3. The molecule has 0 bridgehead atoms. The van der Waals surface area contributed by atoms with Crippen molar-refractivity contribution in [3.8, 4) is 0 Å². The van der Waals surface area contributed by atoms with E-state index in [1.54, 1.807) is 32.2 Å². The van der Waals surface area contributed by atoms with Crippen molar-refractivity contribution >= 4 is 21.6 Å². The van der Waals surface area contributed by atoms with Crippen molar-refractivity contribution in [1.29, 1.82) is 0 Å². The second kappa shape index (κ2) is 11.0. The van der Waals surface area contributed by atoms with Crippen molar-refractivity contribution in [2.24, 2.45) is 0 Å². The molecule has 8 nitrogen and oxygen atoms in total. The van der Waals surface area contributed by atoms with E-state index >= 15 is 0 Å². The van der Waals surface area contributed by atoms with Gasteiger partial charge in [-0.3, -0.25) is 4.79 Å². The summed E-state index contributed by atoms with van der Waals surface area (Å²) in [5.41, 5.74) is 1.09. The molecule has 2 heterocycles. The number of carbonyl (C=O) groups is 1. The van der Waals surface area contributed by atoms with E-state index in [0.717, 1.165) is 11.4 Å². The number of furan rings is 1. The molecule has 0 aliphatic carbocycles. The molecule has 1 aliphatic heterocycles. The van der Waals surface area contributed by atoms with Crippen LogP contribution in [-0.2, 0) is 21.2 Å². The minimum Gasteiger partial charge on any atom is -0.469 e. The zero-order valence-electron chi connectivity index (χ0n) is 19.0. The molecule has 1 saturated heterocycles. The van der Waals surface area contributed by atoms with Gasteiger partial charge < -0.3 is 19.4 Å². The fourth-order valence-electron chi connectivity index (χ4n) is 3.84. The quantitative estimate of drug-likeness (QED) is 0.583. The first-order valence-corrected chi connectivity index (χ1v) is 12.6. The molecule has 0 radical (unpaired) electrons. The third-order valence-corrected chi connectivity index (χ3v) is 7.73. The lowest BCUT2D eigenvalue weighted by Crippen LogP contribution is -2.39. The fourth-order valence-corrected chi connectivity index (χ4v) is 5.32. The molecule has 1 fully saturated rings. The van der Waals surface area contributed by atoms with Gasteiger partial charge in [0.15, 0.2) is 0 Å². The van der Waals surface area contributed by atoms with Crippen LogP contribution in [0.25, 0.3) is 0 Å². The van der Waals surface area contributed by atoms with Crippen molar-refractivity contribution in [1.82, 2.24) is 9.62 Å². The second-order valence-corrected chi connectivity index (χ2v) is 9.80. The van der Waals surface area contributed by atoms with E-state index in [1.807, 2.05) is 19.1 Å². The van der Waals surface area contributed by atoms with Crippen LogP contribution >= 0.6 is 0 Å².